The van der Waals surface area contributed by atoms with E-state index >= 15 is 0 Å². The second-order valence-corrected chi connectivity index (χ2v) is 6.26. The van der Waals surface area contributed by atoms with Crippen LogP contribution in [-0.2, 0) is 20.9 Å². The summed E-state index contributed by atoms with van der Waals surface area (Å²) in [5, 5.41) is 5.24. The van der Waals surface area contributed by atoms with Gasteiger partial charge in [-0.1, -0.05) is 6.42 Å². The number of thiophene rings is 1. The Hall–Kier alpha value is -2.22. The van der Waals surface area contributed by atoms with E-state index in [-0.39, 0.29) is 23.9 Å². The zero-order valence-electron chi connectivity index (χ0n) is 13.6. The van der Waals surface area contributed by atoms with Crippen LogP contribution in [0.3, 0.4) is 0 Å². The van der Waals surface area contributed by atoms with Crippen molar-refractivity contribution in [2.24, 2.45) is 0 Å². The molecule has 0 atom stereocenters. The van der Waals surface area contributed by atoms with Crippen molar-refractivity contribution in [3.63, 3.8) is 0 Å². The number of hydrogen-bond acceptors (Lipinski definition) is 6. The summed E-state index contributed by atoms with van der Waals surface area (Å²) in [4.78, 5) is 39.8. The summed E-state index contributed by atoms with van der Waals surface area (Å²) in [6.07, 6.45) is 4.55. The van der Waals surface area contributed by atoms with Gasteiger partial charge in [0.2, 0.25) is 5.91 Å². The lowest BCUT2D eigenvalue weighted by Gasteiger charge is -2.07. The summed E-state index contributed by atoms with van der Waals surface area (Å²) < 4.78 is 6.02. The Morgan fingerprint density at radius 3 is 2.92 bits per heavy atom. The molecule has 2 rings (SSSR count). The monoisotopic (exact) mass is 351 g/mol. The summed E-state index contributed by atoms with van der Waals surface area (Å²) in [6, 6.07) is 1.75. The molecule has 2 aromatic rings. The number of carbonyl (C=O) groups is 2. The molecule has 0 aliphatic heterocycles. The van der Waals surface area contributed by atoms with Gasteiger partial charge in [0, 0.05) is 25.9 Å². The first-order chi connectivity index (χ1) is 11.6. The Labute approximate surface area is 143 Å². The molecule has 24 heavy (non-hydrogen) atoms. The number of esters is 1. The number of hydrogen-bond donors (Lipinski definition) is 1. The number of amides is 1. The van der Waals surface area contributed by atoms with E-state index in [1.54, 1.807) is 6.07 Å². The largest absolute Gasteiger partial charge is 0.469 e. The van der Waals surface area contributed by atoms with Crippen LogP contribution in [0.1, 0.15) is 32.1 Å². The minimum atomic E-state index is -0.208. The summed E-state index contributed by atoms with van der Waals surface area (Å²) in [5.41, 5.74) is -0.114. The molecule has 8 heteroatoms. The lowest BCUT2D eigenvalue weighted by atomic mass is 10.2. The van der Waals surface area contributed by atoms with Crippen LogP contribution in [0.25, 0.3) is 10.2 Å². The van der Waals surface area contributed by atoms with E-state index < -0.39 is 0 Å². The molecular weight excluding hydrogens is 330 g/mol. The van der Waals surface area contributed by atoms with Gasteiger partial charge < -0.3 is 10.1 Å². The fourth-order valence-electron chi connectivity index (χ4n) is 2.26. The fourth-order valence-corrected chi connectivity index (χ4v) is 2.99. The second-order valence-electron chi connectivity index (χ2n) is 5.37. The number of aromatic nitrogens is 2. The van der Waals surface area contributed by atoms with Gasteiger partial charge in [-0.15, -0.1) is 11.3 Å². The van der Waals surface area contributed by atoms with Gasteiger partial charge in [0.15, 0.2) is 0 Å². The van der Waals surface area contributed by atoms with Gasteiger partial charge in [-0.2, -0.15) is 0 Å². The van der Waals surface area contributed by atoms with Gasteiger partial charge >= 0.3 is 5.97 Å². The van der Waals surface area contributed by atoms with Crippen LogP contribution in [0.2, 0.25) is 0 Å². The minimum absolute atomic E-state index is 0.0970. The number of ether oxygens (including phenoxy) is 1. The number of nitrogens with zero attached hydrogens (tertiary/aromatic N) is 2. The average Bonchev–Trinajstić information content (AvgIpc) is 3.06. The molecule has 0 saturated carbocycles. The number of rotatable bonds is 9. The van der Waals surface area contributed by atoms with Crippen LogP contribution in [0.15, 0.2) is 22.6 Å². The topological polar surface area (TPSA) is 90.3 Å². The average molecular weight is 351 g/mol. The minimum Gasteiger partial charge on any atom is -0.469 e. The summed E-state index contributed by atoms with van der Waals surface area (Å²) in [5.74, 6) is -0.305. The van der Waals surface area contributed by atoms with E-state index in [9.17, 15) is 14.4 Å². The molecule has 2 aromatic heterocycles. The van der Waals surface area contributed by atoms with Crippen LogP contribution < -0.4 is 10.9 Å². The SMILES string of the molecule is COC(=O)CCCCCNC(=O)CCn1cnc2sccc2c1=O. The highest BCUT2D eigenvalue weighted by molar-refractivity contribution is 7.16. The first-order valence-electron chi connectivity index (χ1n) is 7.88. The van der Waals surface area contributed by atoms with Crippen LogP contribution in [-0.4, -0.2) is 35.1 Å². The van der Waals surface area contributed by atoms with Crippen molar-refractivity contribution in [3.05, 3.63) is 28.1 Å². The van der Waals surface area contributed by atoms with Crippen LogP contribution in [0, 0.1) is 0 Å². The van der Waals surface area contributed by atoms with Gasteiger partial charge in [-0.25, -0.2) is 4.98 Å². The normalized spacial score (nSPS) is 10.7. The third-order valence-electron chi connectivity index (χ3n) is 3.64. The fraction of sp³-hybridized carbons (Fsp3) is 0.500. The molecule has 0 spiro atoms. The van der Waals surface area contributed by atoms with E-state index in [0.717, 1.165) is 19.3 Å². The second kappa shape index (κ2) is 9.17. The van der Waals surface area contributed by atoms with E-state index in [4.69, 9.17) is 0 Å². The summed E-state index contributed by atoms with van der Waals surface area (Å²) in [7, 11) is 1.37. The van der Waals surface area contributed by atoms with Gasteiger partial charge in [-0.3, -0.25) is 19.0 Å². The molecule has 0 fully saturated rings. The molecule has 1 amide bonds. The highest BCUT2D eigenvalue weighted by Gasteiger charge is 2.07. The zero-order valence-corrected chi connectivity index (χ0v) is 14.4. The molecular formula is C16H21N3O4S. The molecule has 2 heterocycles. The molecule has 0 unspecified atom stereocenters. The van der Waals surface area contributed by atoms with Crippen LogP contribution >= 0.6 is 11.3 Å². The third kappa shape index (κ3) is 5.16. The molecule has 0 saturated heterocycles. The van der Waals surface area contributed by atoms with E-state index in [0.29, 0.717) is 29.7 Å². The van der Waals surface area contributed by atoms with Crippen molar-refractivity contribution >= 4 is 33.4 Å². The first-order valence-corrected chi connectivity index (χ1v) is 8.76. The molecule has 0 aliphatic rings. The molecule has 1 N–H and O–H groups in total. The van der Waals surface area contributed by atoms with Gasteiger partial charge in [-0.05, 0) is 24.3 Å². The smallest absolute Gasteiger partial charge is 0.305 e. The Kier molecular flexibility index (Phi) is 6.92. The van der Waals surface area contributed by atoms with Gasteiger partial charge in [0.25, 0.3) is 5.56 Å². The first kappa shape index (κ1) is 18.1. The summed E-state index contributed by atoms with van der Waals surface area (Å²) in [6.45, 7) is 0.877. The lowest BCUT2D eigenvalue weighted by molar-refractivity contribution is -0.140. The van der Waals surface area contributed by atoms with Gasteiger partial charge in [0.1, 0.15) is 4.83 Å². The highest BCUT2D eigenvalue weighted by Crippen LogP contribution is 2.13. The van der Waals surface area contributed by atoms with E-state index in [1.807, 2.05) is 5.38 Å². The van der Waals surface area contributed by atoms with Crippen LogP contribution in [0.5, 0.6) is 0 Å². The number of carbonyl (C=O) groups excluding carboxylic acids is 2. The van der Waals surface area contributed by atoms with Crippen molar-refractivity contribution in [3.8, 4) is 0 Å². The number of nitrogens with one attached hydrogen (secondary N) is 1. The Balaban J connectivity index is 1.66. The quantitative estimate of drug-likeness (QED) is 0.548. The van der Waals surface area contributed by atoms with Gasteiger partial charge in [0.05, 0.1) is 18.8 Å². The van der Waals surface area contributed by atoms with Crippen molar-refractivity contribution < 1.29 is 14.3 Å². The molecule has 0 aromatic carbocycles. The molecule has 0 aliphatic carbocycles. The Bertz CT molecular complexity index is 753. The maximum atomic E-state index is 12.2. The predicted molar refractivity (Wildman–Crippen MR) is 92.0 cm³/mol. The summed E-state index contributed by atoms with van der Waals surface area (Å²) >= 11 is 1.42. The molecule has 0 bridgehead atoms. The lowest BCUT2D eigenvalue weighted by Crippen LogP contribution is -2.28. The predicted octanol–water partition coefficient (Wildman–Crippen LogP) is 1.70. The van der Waals surface area contributed by atoms with Crippen molar-refractivity contribution in [2.45, 2.75) is 38.6 Å². The van der Waals surface area contributed by atoms with Crippen molar-refractivity contribution in [1.29, 1.82) is 0 Å². The zero-order chi connectivity index (χ0) is 17.4. The Morgan fingerprint density at radius 1 is 1.29 bits per heavy atom. The third-order valence-corrected chi connectivity index (χ3v) is 4.46. The number of unbranched alkanes of at least 4 members (excludes halogenated alkanes) is 2. The Morgan fingerprint density at radius 2 is 2.12 bits per heavy atom. The maximum Gasteiger partial charge on any atom is 0.305 e. The standard InChI is InChI=1S/C16H21N3O4S/c1-23-14(21)5-3-2-4-8-17-13(20)6-9-19-11-18-15-12(16(19)22)7-10-24-15/h7,10-11H,2-6,8-9H2,1H3,(H,17,20). The molecule has 0 radical (unpaired) electrons. The number of aryl methyl sites for hydroxylation is 1. The van der Waals surface area contributed by atoms with Crippen LogP contribution in [0.4, 0.5) is 0 Å². The van der Waals surface area contributed by atoms with E-state index in [1.165, 1.54) is 29.3 Å². The number of fused-ring (bicyclic) bond motifs is 1. The highest BCUT2D eigenvalue weighted by atomic mass is 32.1. The molecule has 7 nitrogen and oxygen atoms in total. The van der Waals surface area contributed by atoms with Crippen molar-refractivity contribution in [1.82, 2.24) is 14.9 Å². The van der Waals surface area contributed by atoms with Crippen molar-refractivity contribution in [2.75, 3.05) is 13.7 Å². The number of methoxy groups -OCH3 is 1. The maximum absolute atomic E-state index is 12.2. The molecule has 130 valence electrons. The van der Waals surface area contributed by atoms with E-state index in [2.05, 4.69) is 15.0 Å².